The molecule has 31 heavy (non-hydrogen) atoms. The Hall–Kier alpha value is -3.48. The molecule has 0 radical (unpaired) electrons. The second-order valence-corrected chi connectivity index (χ2v) is 7.98. The summed E-state index contributed by atoms with van der Waals surface area (Å²) in [4.78, 5) is 51.5. The third-order valence-electron chi connectivity index (χ3n) is 5.19. The molecular formula is C24H26N2O5. The maximum absolute atomic E-state index is 12.8. The fourth-order valence-electron chi connectivity index (χ4n) is 3.53. The van der Waals surface area contributed by atoms with Gasteiger partial charge in [0.25, 0.3) is 17.7 Å². The molecule has 0 aromatic heterocycles. The molecule has 0 fully saturated rings. The molecule has 1 heterocycles. The van der Waals surface area contributed by atoms with Crippen LogP contribution in [-0.2, 0) is 20.9 Å². The Morgan fingerprint density at radius 3 is 2.13 bits per heavy atom. The highest BCUT2D eigenvalue weighted by molar-refractivity contribution is 6.22. The maximum Gasteiger partial charge on any atom is 0.329 e. The Bertz CT molecular complexity index is 980. The summed E-state index contributed by atoms with van der Waals surface area (Å²) in [6.45, 7) is 5.54. The summed E-state index contributed by atoms with van der Waals surface area (Å²) >= 11 is 0. The molecule has 0 bridgehead atoms. The van der Waals surface area contributed by atoms with Crippen molar-refractivity contribution in [2.45, 2.75) is 39.8 Å². The minimum Gasteiger partial charge on any atom is -0.454 e. The molecule has 2 aromatic carbocycles. The molecule has 2 aromatic rings. The Morgan fingerprint density at radius 1 is 0.968 bits per heavy atom. The van der Waals surface area contributed by atoms with Crippen molar-refractivity contribution in [3.05, 3.63) is 70.8 Å². The highest BCUT2D eigenvalue weighted by atomic mass is 16.5. The quantitative estimate of drug-likeness (QED) is 0.522. The van der Waals surface area contributed by atoms with Crippen molar-refractivity contribution in [1.29, 1.82) is 0 Å². The van der Waals surface area contributed by atoms with Crippen molar-refractivity contribution in [3.63, 3.8) is 0 Å². The van der Waals surface area contributed by atoms with E-state index in [0.29, 0.717) is 6.54 Å². The molecule has 1 N–H and O–H groups in total. The highest BCUT2D eigenvalue weighted by Crippen LogP contribution is 2.27. The lowest BCUT2D eigenvalue weighted by atomic mass is 10.0. The molecule has 3 amide bonds. The van der Waals surface area contributed by atoms with E-state index in [-0.39, 0.29) is 23.5 Å². The van der Waals surface area contributed by atoms with Gasteiger partial charge in [-0.05, 0) is 42.5 Å². The van der Waals surface area contributed by atoms with Gasteiger partial charge >= 0.3 is 5.97 Å². The lowest BCUT2D eigenvalue weighted by molar-refractivity contribution is -0.152. The summed E-state index contributed by atoms with van der Waals surface area (Å²) in [7, 11) is 0. The largest absolute Gasteiger partial charge is 0.454 e. The van der Waals surface area contributed by atoms with Crippen molar-refractivity contribution in [2.24, 2.45) is 5.92 Å². The standard InChI is InChI=1S/C24H26N2O5/c1-15(2)12-20(26-22(28)18-10-6-7-11-19(18)23(26)29)24(30)31-14-21(27)25-13-17-9-5-4-8-16(17)3/h4-11,15,20H,12-14H2,1-3H3,(H,25,27)/t20-/m1/s1. The zero-order valence-electron chi connectivity index (χ0n) is 17.9. The Balaban J connectivity index is 1.64. The van der Waals surface area contributed by atoms with Gasteiger partial charge in [-0.1, -0.05) is 50.2 Å². The molecule has 0 saturated heterocycles. The minimum atomic E-state index is -1.09. The molecule has 0 unspecified atom stereocenters. The van der Waals surface area contributed by atoms with Crippen LogP contribution in [0.2, 0.25) is 0 Å². The van der Waals surface area contributed by atoms with E-state index in [9.17, 15) is 19.2 Å². The van der Waals surface area contributed by atoms with E-state index < -0.39 is 36.3 Å². The number of nitrogens with zero attached hydrogens (tertiary/aromatic N) is 1. The van der Waals surface area contributed by atoms with Crippen molar-refractivity contribution in [1.82, 2.24) is 10.2 Å². The monoisotopic (exact) mass is 422 g/mol. The average molecular weight is 422 g/mol. The van der Waals surface area contributed by atoms with Crippen molar-refractivity contribution < 1.29 is 23.9 Å². The van der Waals surface area contributed by atoms with Crippen LogP contribution in [0.15, 0.2) is 48.5 Å². The fourth-order valence-corrected chi connectivity index (χ4v) is 3.53. The number of benzene rings is 2. The van der Waals surface area contributed by atoms with Crippen LogP contribution in [0.5, 0.6) is 0 Å². The smallest absolute Gasteiger partial charge is 0.329 e. The summed E-state index contributed by atoms with van der Waals surface area (Å²) in [5.41, 5.74) is 2.54. The number of imide groups is 1. The molecule has 1 aliphatic heterocycles. The van der Waals surface area contributed by atoms with Gasteiger partial charge in [-0.15, -0.1) is 0 Å². The molecular weight excluding hydrogens is 396 g/mol. The summed E-state index contributed by atoms with van der Waals surface area (Å²) < 4.78 is 5.20. The van der Waals surface area contributed by atoms with Gasteiger partial charge < -0.3 is 10.1 Å². The van der Waals surface area contributed by atoms with E-state index in [0.717, 1.165) is 16.0 Å². The van der Waals surface area contributed by atoms with E-state index in [2.05, 4.69) is 5.32 Å². The summed E-state index contributed by atoms with van der Waals surface area (Å²) in [5, 5.41) is 2.71. The van der Waals surface area contributed by atoms with Gasteiger partial charge in [0, 0.05) is 6.54 Å². The van der Waals surface area contributed by atoms with Gasteiger partial charge in [0.2, 0.25) is 0 Å². The molecule has 162 valence electrons. The van der Waals surface area contributed by atoms with Crippen LogP contribution in [-0.4, -0.2) is 41.2 Å². The second kappa shape index (κ2) is 9.55. The van der Waals surface area contributed by atoms with Crippen molar-refractivity contribution >= 4 is 23.7 Å². The number of amides is 3. The first-order chi connectivity index (χ1) is 14.8. The molecule has 7 heteroatoms. The zero-order chi connectivity index (χ0) is 22.5. The van der Waals surface area contributed by atoms with E-state index in [1.165, 1.54) is 0 Å². The minimum absolute atomic E-state index is 0.0248. The number of aryl methyl sites for hydroxylation is 1. The maximum atomic E-state index is 12.8. The number of carbonyl (C=O) groups is 4. The molecule has 0 saturated carbocycles. The molecule has 0 aliphatic carbocycles. The fraction of sp³-hybridized carbons (Fsp3) is 0.333. The highest BCUT2D eigenvalue weighted by Gasteiger charge is 2.43. The first kappa shape index (κ1) is 22.2. The number of fused-ring (bicyclic) bond motifs is 1. The van der Waals surface area contributed by atoms with Crippen molar-refractivity contribution in [3.8, 4) is 0 Å². The predicted octanol–water partition coefficient (Wildman–Crippen LogP) is 2.87. The number of ether oxygens (including phenoxy) is 1. The van der Waals surface area contributed by atoms with Crippen LogP contribution in [0.3, 0.4) is 0 Å². The number of nitrogens with one attached hydrogen (secondary N) is 1. The number of hydrogen-bond donors (Lipinski definition) is 1. The topological polar surface area (TPSA) is 92.8 Å². The third kappa shape index (κ3) is 4.99. The Kier molecular flexibility index (Phi) is 6.84. The Morgan fingerprint density at radius 2 is 1.55 bits per heavy atom. The first-order valence-electron chi connectivity index (χ1n) is 10.2. The SMILES string of the molecule is Cc1ccccc1CNC(=O)COC(=O)[C@@H](CC(C)C)N1C(=O)c2ccccc2C1=O. The van der Waals surface area contributed by atoms with E-state index in [1.807, 2.05) is 45.0 Å². The van der Waals surface area contributed by atoms with Gasteiger partial charge in [0.15, 0.2) is 6.61 Å². The Labute approximate surface area is 181 Å². The first-order valence-corrected chi connectivity index (χ1v) is 10.2. The zero-order valence-corrected chi connectivity index (χ0v) is 17.9. The molecule has 7 nitrogen and oxygen atoms in total. The lowest BCUT2D eigenvalue weighted by Crippen LogP contribution is -2.47. The van der Waals surface area contributed by atoms with Gasteiger partial charge in [0.05, 0.1) is 11.1 Å². The molecule has 0 spiro atoms. The molecule has 3 rings (SSSR count). The summed E-state index contributed by atoms with van der Waals surface area (Å²) in [5.74, 6) is -2.24. The van der Waals surface area contributed by atoms with E-state index in [4.69, 9.17) is 4.74 Å². The lowest BCUT2D eigenvalue weighted by Gasteiger charge is -2.25. The van der Waals surface area contributed by atoms with Crippen LogP contribution in [0, 0.1) is 12.8 Å². The third-order valence-corrected chi connectivity index (χ3v) is 5.19. The van der Waals surface area contributed by atoms with Gasteiger partial charge in [-0.2, -0.15) is 0 Å². The molecule has 1 aliphatic rings. The second-order valence-electron chi connectivity index (χ2n) is 7.98. The predicted molar refractivity (Wildman–Crippen MR) is 114 cm³/mol. The van der Waals surface area contributed by atoms with Crippen LogP contribution < -0.4 is 5.32 Å². The van der Waals surface area contributed by atoms with Crippen LogP contribution in [0.25, 0.3) is 0 Å². The van der Waals surface area contributed by atoms with Gasteiger partial charge in [-0.3, -0.25) is 19.3 Å². The van der Waals surface area contributed by atoms with E-state index >= 15 is 0 Å². The molecule has 1 atom stereocenters. The average Bonchev–Trinajstić information content (AvgIpc) is 3.00. The van der Waals surface area contributed by atoms with Gasteiger partial charge in [0.1, 0.15) is 6.04 Å². The number of esters is 1. The van der Waals surface area contributed by atoms with Gasteiger partial charge in [-0.25, -0.2) is 4.79 Å². The van der Waals surface area contributed by atoms with E-state index in [1.54, 1.807) is 24.3 Å². The number of hydrogen-bond acceptors (Lipinski definition) is 5. The van der Waals surface area contributed by atoms with Crippen LogP contribution >= 0.6 is 0 Å². The normalized spacial score (nSPS) is 13.9. The van der Waals surface area contributed by atoms with Crippen LogP contribution in [0.4, 0.5) is 0 Å². The number of rotatable bonds is 8. The number of carbonyl (C=O) groups excluding carboxylic acids is 4. The van der Waals surface area contributed by atoms with Crippen LogP contribution in [0.1, 0.15) is 52.1 Å². The summed E-state index contributed by atoms with van der Waals surface area (Å²) in [6, 6.07) is 13.0. The summed E-state index contributed by atoms with van der Waals surface area (Å²) in [6.07, 6.45) is 0.245. The van der Waals surface area contributed by atoms with Crippen molar-refractivity contribution in [2.75, 3.05) is 6.61 Å².